The van der Waals surface area contributed by atoms with Crippen molar-refractivity contribution in [3.8, 4) is 56.7 Å². The smallest absolute Gasteiger partial charge is 0.227 e. The SMILES string of the molecule is c1ccc(-c2nc(-c3ccc(-c4cccc5c4sc4ccc6nc(-c7ccc8ccccc8c7)oc6c45)cc3)nc(-c3ccc4c(c3)oc3ccccc34)n2)cc1. The van der Waals surface area contributed by atoms with Gasteiger partial charge in [-0.2, -0.15) is 0 Å². The third-order valence-electron chi connectivity index (χ3n) is 10.8. The average molecular weight is 749 g/mol. The van der Waals surface area contributed by atoms with Crippen LogP contribution in [0.2, 0.25) is 0 Å². The summed E-state index contributed by atoms with van der Waals surface area (Å²) in [5.41, 5.74) is 9.23. The molecule has 0 spiro atoms. The van der Waals surface area contributed by atoms with Crippen molar-refractivity contribution in [3.05, 3.63) is 170 Å². The maximum Gasteiger partial charge on any atom is 0.227 e. The van der Waals surface area contributed by atoms with Crippen molar-refractivity contribution in [2.45, 2.75) is 0 Å². The van der Waals surface area contributed by atoms with E-state index < -0.39 is 0 Å². The van der Waals surface area contributed by atoms with E-state index in [-0.39, 0.29) is 0 Å². The first-order chi connectivity index (χ1) is 28.2. The van der Waals surface area contributed by atoms with Gasteiger partial charge in [-0.3, -0.25) is 0 Å². The molecule has 4 aromatic heterocycles. The summed E-state index contributed by atoms with van der Waals surface area (Å²) in [5, 5.41) is 6.75. The highest BCUT2D eigenvalue weighted by molar-refractivity contribution is 7.26. The summed E-state index contributed by atoms with van der Waals surface area (Å²) in [4.78, 5) is 19.9. The first kappa shape index (κ1) is 31.8. The van der Waals surface area contributed by atoms with Crippen LogP contribution < -0.4 is 0 Å². The van der Waals surface area contributed by atoms with Crippen molar-refractivity contribution in [1.82, 2.24) is 19.9 Å². The van der Waals surface area contributed by atoms with E-state index in [1.807, 2.05) is 54.6 Å². The summed E-state index contributed by atoms with van der Waals surface area (Å²) in [6, 6.07) is 58.2. The van der Waals surface area contributed by atoms with Gasteiger partial charge in [0.25, 0.3) is 0 Å². The largest absolute Gasteiger partial charge is 0.456 e. The van der Waals surface area contributed by atoms with Gasteiger partial charge >= 0.3 is 0 Å². The topological polar surface area (TPSA) is 77.8 Å². The molecule has 0 aliphatic heterocycles. The lowest BCUT2D eigenvalue weighted by Gasteiger charge is -2.09. The molecule has 4 heterocycles. The molecule has 0 bridgehead atoms. The standard InChI is InChI=1S/C50H28N4O2S/c1-2-10-31(11-3-1)47-52-48(54-49(53-47)34-23-24-38-37-13-6-7-16-41(37)55-42(38)28-34)32-20-18-30(19-21-32)36-14-8-15-39-44-43(57-46(36)39)26-25-40-45(44)56-50(51-40)35-22-17-29-9-4-5-12-33(29)27-35/h1-28H. The highest BCUT2D eigenvalue weighted by Gasteiger charge is 2.19. The fourth-order valence-corrected chi connectivity index (χ4v) is 9.19. The second-order valence-electron chi connectivity index (χ2n) is 14.2. The van der Waals surface area contributed by atoms with Crippen molar-refractivity contribution in [1.29, 1.82) is 0 Å². The number of benzene rings is 8. The highest BCUT2D eigenvalue weighted by atomic mass is 32.1. The van der Waals surface area contributed by atoms with E-state index in [0.717, 1.165) is 87.3 Å². The van der Waals surface area contributed by atoms with Gasteiger partial charge in [0.15, 0.2) is 23.1 Å². The van der Waals surface area contributed by atoms with E-state index in [1.165, 1.54) is 10.1 Å². The van der Waals surface area contributed by atoms with Crippen LogP contribution in [-0.2, 0) is 0 Å². The molecule has 8 aromatic carbocycles. The van der Waals surface area contributed by atoms with Crippen molar-refractivity contribution in [2.75, 3.05) is 0 Å². The van der Waals surface area contributed by atoms with Crippen LogP contribution >= 0.6 is 11.3 Å². The zero-order chi connectivity index (χ0) is 37.5. The van der Waals surface area contributed by atoms with Gasteiger partial charge in [-0.05, 0) is 64.4 Å². The van der Waals surface area contributed by atoms with Crippen LogP contribution in [0.1, 0.15) is 0 Å². The summed E-state index contributed by atoms with van der Waals surface area (Å²) < 4.78 is 15.2. The molecule has 0 saturated heterocycles. The Balaban J connectivity index is 0.939. The predicted octanol–water partition coefficient (Wildman–Crippen LogP) is 13.8. The summed E-state index contributed by atoms with van der Waals surface area (Å²) in [6.45, 7) is 0. The van der Waals surface area contributed by atoms with Gasteiger partial charge in [0.2, 0.25) is 5.89 Å². The van der Waals surface area contributed by atoms with Crippen LogP contribution in [0.3, 0.4) is 0 Å². The van der Waals surface area contributed by atoms with E-state index in [1.54, 1.807) is 11.3 Å². The molecule has 0 aliphatic rings. The maximum atomic E-state index is 6.58. The van der Waals surface area contributed by atoms with Gasteiger partial charge < -0.3 is 8.83 Å². The lowest BCUT2D eigenvalue weighted by Crippen LogP contribution is -2.00. The number of hydrogen-bond acceptors (Lipinski definition) is 7. The number of rotatable bonds is 5. The molecule has 0 amide bonds. The highest BCUT2D eigenvalue weighted by Crippen LogP contribution is 2.44. The second kappa shape index (κ2) is 12.5. The normalized spacial score (nSPS) is 11.9. The number of fused-ring (bicyclic) bond motifs is 9. The molecule has 0 unspecified atom stereocenters. The summed E-state index contributed by atoms with van der Waals surface area (Å²) in [7, 11) is 0. The van der Waals surface area contributed by atoms with E-state index >= 15 is 0 Å². The Hall–Kier alpha value is -7.48. The number of oxazole rings is 1. The summed E-state index contributed by atoms with van der Waals surface area (Å²) >= 11 is 1.78. The lowest BCUT2D eigenvalue weighted by atomic mass is 10.0. The molecule has 57 heavy (non-hydrogen) atoms. The van der Waals surface area contributed by atoms with Gasteiger partial charge in [0, 0.05) is 53.2 Å². The third kappa shape index (κ3) is 5.24. The summed E-state index contributed by atoms with van der Waals surface area (Å²) in [6.07, 6.45) is 0. The van der Waals surface area contributed by atoms with Crippen LogP contribution in [0, 0.1) is 0 Å². The number of hydrogen-bond donors (Lipinski definition) is 0. The molecular formula is C50H28N4O2S. The number of para-hydroxylation sites is 1. The average Bonchev–Trinajstić information content (AvgIpc) is 3.99. The molecule has 12 aromatic rings. The minimum atomic E-state index is 0.586. The monoisotopic (exact) mass is 748 g/mol. The number of aromatic nitrogens is 4. The summed E-state index contributed by atoms with van der Waals surface area (Å²) in [5.74, 6) is 2.43. The molecule has 0 radical (unpaired) electrons. The van der Waals surface area contributed by atoms with Crippen molar-refractivity contribution in [2.24, 2.45) is 0 Å². The van der Waals surface area contributed by atoms with Crippen LogP contribution in [0.4, 0.5) is 0 Å². The predicted molar refractivity (Wildman–Crippen MR) is 232 cm³/mol. The third-order valence-corrected chi connectivity index (χ3v) is 12.0. The minimum Gasteiger partial charge on any atom is -0.456 e. The minimum absolute atomic E-state index is 0.586. The van der Waals surface area contributed by atoms with Crippen LogP contribution in [0.15, 0.2) is 179 Å². The molecule has 0 N–H and O–H groups in total. The maximum absolute atomic E-state index is 6.58. The fraction of sp³-hybridized carbons (Fsp3) is 0. The molecule has 0 aliphatic carbocycles. The second-order valence-corrected chi connectivity index (χ2v) is 15.3. The van der Waals surface area contributed by atoms with Crippen molar-refractivity contribution < 1.29 is 8.83 Å². The number of thiophene rings is 1. The van der Waals surface area contributed by atoms with Crippen molar-refractivity contribution in [3.63, 3.8) is 0 Å². The molecular weight excluding hydrogens is 721 g/mol. The van der Waals surface area contributed by atoms with Gasteiger partial charge in [0.05, 0.1) is 0 Å². The molecule has 6 nitrogen and oxygen atoms in total. The Morgan fingerprint density at radius 2 is 1.07 bits per heavy atom. The van der Waals surface area contributed by atoms with Crippen LogP contribution in [-0.4, -0.2) is 19.9 Å². The zero-order valence-corrected chi connectivity index (χ0v) is 31.0. The van der Waals surface area contributed by atoms with Crippen molar-refractivity contribution >= 4 is 75.3 Å². The number of furan rings is 1. The van der Waals surface area contributed by atoms with E-state index in [4.69, 9.17) is 28.8 Å². The van der Waals surface area contributed by atoms with Crippen LogP contribution in [0.5, 0.6) is 0 Å². The first-order valence-electron chi connectivity index (χ1n) is 18.8. The lowest BCUT2D eigenvalue weighted by molar-refractivity contribution is 0.623. The van der Waals surface area contributed by atoms with Crippen LogP contribution in [0.25, 0.3) is 121 Å². The quantitative estimate of drug-likeness (QED) is 0.174. The molecule has 7 heteroatoms. The first-order valence-corrected chi connectivity index (χ1v) is 19.6. The molecule has 0 fully saturated rings. The number of nitrogens with zero attached hydrogens (tertiary/aromatic N) is 4. The van der Waals surface area contributed by atoms with E-state index in [9.17, 15) is 0 Å². The molecule has 0 saturated carbocycles. The van der Waals surface area contributed by atoms with Gasteiger partial charge in [-0.15, -0.1) is 11.3 Å². The van der Waals surface area contributed by atoms with Gasteiger partial charge in [0.1, 0.15) is 16.7 Å². The van der Waals surface area contributed by atoms with E-state index in [0.29, 0.717) is 23.4 Å². The Labute approximate surface area is 329 Å². The Morgan fingerprint density at radius 3 is 1.93 bits per heavy atom. The zero-order valence-electron chi connectivity index (χ0n) is 30.2. The van der Waals surface area contributed by atoms with Gasteiger partial charge in [-0.1, -0.05) is 127 Å². The Kier molecular flexibility index (Phi) is 7.00. The molecule has 12 rings (SSSR count). The Bertz CT molecular complexity index is 3530. The molecule has 266 valence electrons. The van der Waals surface area contributed by atoms with E-state index in [2.05, 4.69) is 115 Å². The Morgan fingerprint density at radius 1 is 0.404 bits per heavy atom. The molecule has 0 atom stereocenters. The van der Waals surface area contributed by atoms with Gasteiger partial charge in [-0.25, -0.2) is 19.9 Å². The fourth-order valence-electron chi connectivity index (χ4n) is 7.96.